The molecule has 0 aliphatic carbocycles. The Kier molecular flexibility index (Phi) is 5.65. The monoisotopic (exact) mass is 249 g/mol. The van der Waals surface area contributed by atoms with E-state index in [1.165, 1.54) is 30.4 Å². The largest absolute Gasteiger partial charge is 0.380 e. The molecule has 3 nitrogen and oxygen atoms in total. The molecule has 1 aromatic carbocycles. The maximum Gasteiger partial charge on any atom is 0.0716 e. The van der Waals surface area contributed by atoms with E-state index in [4.69, 9.17) is 9.47 Å². The van der Waals surface area contributed by atoms with Crippen LogP contribution in [0.1, 0.15) is 30.4 Å². The lowest BCUT2D eigenvalue weighted by Gasteiger charge is -2.23. The Balaban J connectivity index is 1.78. The SMILES string of the molecule is COCc1ccccc1CNCC1CCCCO1. The van der Waals surface area contributed by atoms with E-state index < -0.39 is 0 Å². The molecule has 0 radical (unpaired) electrons. The molecule has 1 fully saturated rings. The molecule has 0 bridgehead atoms. The van der Waals surface area contributed by atoms with Crippen LogP contribution in [-0.4, -0.2) is 26.4 Å². The van der Waals surface area contributed by atoms with Gasteiger partial charge in [-0.1, -0.05) is 24.3 Å². The number of benzene rings is 1. The van der Waals surface area contributed by atoms with Crippen LogP contribution in [-0.2, 0) is 22.6 Å². The van der Waals surface area contributed by atoms with Gasteiger partial charge in [0.1, 0.15) is 0 Å². The van der Waals surface area contributed by atoms with Crippen LogP contribution in [0.3, 0.4) is 0 Å². The summed E-state index contributed by atoms with van der Waals surface area (Å²) in [5.74, 6) is 0. The van der Waals surface area contributed by atoms with Gasteiger partial charge >= 0.3 is 0 Å². The Morgan fingerprint density at radius 2 is 2.11 bits per heavy atom. The average Bonchev–Trinajstić information content (AvgIpc) is 2.42. The van der Waals surface area contributed by atoms with Crippen LogP contribution < -0.4 is 5.32 Å². The molecule has 0 saturated carbocycles. The minimum absolute atomic E-state index is 0.397. The molecule has 1 aliphatic rings. The number of methoxy groups -OCH3 is 1. The van der Waals surface area contributed by atoms with E-state index in [0.29, 0.717) is 12.7 Å². The third-order valence-corrected chi connectivity index (χ3v) is 3.38. The maximum absolute atomic E-state index is 5.71. The molecule has 1 N–H and O–H groups in total. The summed E-state index contributed by atoms with van der Waals surface area (Å²) in [6, 6.07) is 8.41. The van der Waals surface area contributed by atoms with Crippen molar-refractivity contribution >= 4 is 0 Å². The van der Waals surface area contributed by atoms with Crippen molar-refractivity contribution in [3.05, 3.63) is 35.4 Å². The second-order valence-corrected chi connectivity index (χ2v) is 4.82. The summed E-state index contributed by atoms with van der Waals surface area (Å²) < 4.78 is 10.9. The highest BCUT2D eigenvalue weighted by molar-refractivity contribution is 5.26. The second-order valence-electron chi connectivity index (χ2n) is 4.82. The zero-order chi connectivity index (χ0) is 12.6. The molecule has 1 aromatic rings. The van der Waals surface area contributed by atoms with Crippen LogP contribution in [0.15, 0.2) is 24.3 Å². The van der Waals surface area contributed by atoms with E-state index in [1.807, 2.05) is 0 Å². The fraction of sp³-hybridized carbons (Fsp3) is 0.600. The predicted molar refractivity (Wildman–Crippen MR) is 72.5 cm³/mol. The Morgan fingerprint density at radius 3 is 2.83 bits per heavy atom. The number of hydrogen-bond donors (Lipinski definition) is 1. The van der Waals surface area contributed by atoms with Crippen LogP contribution in [0.25, 0.3) is 0 Å². The first kappa shape index (κ1) is 13.5. The summed E-state index contributed by atoms with van der Waals surface area (Å²) in [6.07, 6.45) is 4.10. The molecule has 2 rings (SSSR count). The van der Waals surface area contributed by atoms with Crippen LogP contribution in [0.4, 0.5) is 0 Å². The van der Waals surface area contributed by atoms with Crippen molar-refractivity contribution in [2.24, 2.45) is 0 Å². The molecule has 1 saturated heterocycles. The normalized spacial score (nSPS) is 19.9. The van der Waals surface area contributed by atoms with Crippen molar-refractivity contribution in [2.75, 3.05) is 20.3 Å². The summed E-state index contributed by atoms with van der Waals surface area (Å²) in [6.45, 7) is 3.44. The highest BCUT2D eigenvalue weighted by atomic mass is 16.5. The molecule has 0 amide bonds. The minimum atomic E-state index is 0.397. The van der Waals surface area contributed by atoms with Crippen molar-refractivity contribution in [1.82, 2.24) is 5.32 Å². The van der Waals surface area contributed by atoms with Gasteiger partial charge in [0.05, 0.1) is 12.7 Å². The number of hydrogen-bond acceptors (Lipinski definition) is 3. The Morgan fingerprint density at radius 1 is 1.28 bits per heavy atom. The van der Waals surface area contributed by atoms with Crippen LogP contribution in [0, 0.1) is 0 Å². The van der Waals surface area contributed by atoms with Gasteiger partial charge in [0, 0.05) is 26.8 Å². The number of nitrogens with one attached hydrogen (secondary N) is 1. The van der Waals surface area contributed by atoms with Gasteiger partial charge in [0.2, 0.25) is 0 Å². The Hall–Kier alpha value is -0.900. The number of rotatable bonds is 6. The summed E-state index contributed by atoms with van der Waals surface area (Å²) in [5, 5.41) is 3.49. The fourth-order valence-corrected chi connectivity index (χ4v) is 2.36. The summed E-state index contributed by atoms with van der Waals surface area (Å²) in [7, 11) is 1.74. The first-order chi connectivity index (χ1) is 8.90. The highest BCUT2D eigenvalue weighted by Gasteiger charge is 2.13. The van der Waals surface area contributed by atoms with Gasteiger partial charge in [-0.25, -0.2) is 0 Å². The quantitative estimate of drug-likeness (QED) is 0.840. The van der Waals surface area contributed by atoms with Crippen molar-refractivity contribution < 1.29 is 9.47 Å². The van der Waals surface area contributed by atoms with Gasteiger partial charge in [-0.2, -0.15) is 0 Å². The van der Waals surface area contributed by atoms with Crippen LogP contribution >= 0.6 is 0 Å². The summed E-state index contributed by atoms with van der Waals surface area (Å²) in [4.78, 5) is 0. The smallest absolute Gasteiger partial charge is 0.0716 e. The fourth-order valence-electron chi connectivity index (χ4n) is 2.36. The van der Waals surface area contributed by atoms with E-state index in [1.54, 1.807) is 7.11 Å². The van der Waals surface area contributed by atoms with E-state index in [9.17, 15) is 0 Å². The molecule has 1 unspecified atom stereocenters. The summed E-state index contributed by atoms with van der Waals surface area (Å²) >= 11 is 0. The van der Waals surface area contributed by atoms with Crippen molar-refractivity contribution in [1.29, 1.82) is 0 Å². The van der Waals surface area contributed by atoms with E-state index in [0.717, 1.165) is 19.7 Å². The molecular formula is C15H23NO2. The molecule has 0 spiro atoms. The van der Waals surface area contributed by atoms with Crippen LogP contribution in [0.2, 0.25) is 0 Å². The highest BCUT2D eigenvalue weighted by Crippen LogP contribution is 2.13. The van der Waals surface area contributed by atoms with Gasteiger partial charge < -0.3 is 14.8 Å². The van der Waals surface area contributed by atoms with E-state index in [2.05, 4.69) is 29.6 Å². The van der Waals surface area contributed by atoms with Gasteiger partial charge in [-0.3, -0.25) is 0 Å². The topological polar surface area (TPSA) is 30.5 Å². The first-order valence-corrected chi connectivity index (χ1v) is 6.78. The molecular weight excluding hydrogens is 226 g/mol. The molecule has 1 aliphatic heterocycles. The van der Waals surface area contributed by atoms with Crippen LogP contribution in [0.5, 0.6) is 0 Å². The molecule has 18 heavy (non-hydrogen) atoms. The molecule has 1 heterocycles. The zero-order valence-electron chi connectivity index (χ0n) is 11.2. The standard InChI is InChI=1S/C15H23NO2/c1-17-12-14-7-3-2-6-13(14)10-16-11-15-8-4-5-9-18-15/h2-3,6-7,15-16H,4-5,8-12H2,1H3. The van der Waals surface area contributed by atoms with Gasteiger partial charge in [0.25, 0.3) is 0 Å². The van der Waals surface area contributed by atoms with Crippen molar-refractivity contribution in [3.63, 3.8) is 0 Å². The second kappa shape index (κ2) is 7.52. The molecule has 3 heteroatoms. The Labute approximate surface area is 109 Å². The zero-order valence-corrected chi connectivity index (χ0v) is 11.2. The third kappa shape index (κ3) is 4.09. The molecule has 100 valence electrons. The predicted octanol–water partition coefficient (Wildman–Crippen LogP) is 2.49. The van der Waals surface area contributed by atoms with Gasteiger partial charge in [-0.15, -0.1) is 0 Å². The number of ether oxygens (including phenoxy) is 2. The third-order valence-electron chi connectivity index (χ3n) is 3.38. The first-order valence-electron chi connectivity index (χ1n) is 6.78. The average molecular weight is 249 g/mol. The van der Waals surface area contributed by atoms with E-state index >= 15 is 0 Å². The van der Waals surface area contributed by atoms with Gasteiger partial charge in [-0.05, 0) is 30.4 Å². The molecule has 1 atom stereocenters. The van der Waals surface area contributed by atoms with Crippen molar-refractivity contribution in [3.8, 4) is 0 Å². The molecule has 0 aromatic heterocycles. The maximum atomic E-state index is 5.71. The van der Waals surface area contributed by atoms with Crippen molar-refractivity contribution in [2.45, 2.75) is 38.5 Å². The van der Waals surface area contributed by atoms with E-state index in [-0.39, 0.29) is 0 Å². The summed E-state index contributed by atoms with van der Waals surface area (Å²) in [5.41, 5.74) is 2.58. The lowest BCUT2D eigenvalue weighted by atomic mass is 10.1. The minimum Gasteiger partial charge on any atom is -0.380 e. The Bertz CT molecular complexity index is 348. The van der Waals surface area contributed by atoms with Gasteiger partial charge in [0.15, 0.2) is 0 Å². The lowest BCUT2D eigenvalue weighted by Crippen LogP contribution is -2.31. The lowest BCUT2D eigenvalue weighted by molar-refractivity contribution is 0.0167.